The Hall–Kier alpha value is -2.03. The van der Waals surface area contributed by atoms with Gasteiger partial charge in [-0.25, -0.2) is 4.79 Å². The summed E-state index contributed by atoms with van der Waals surface area (Å²) in [5.74, 6) is 2.07. The number of urea groups is 1. The first kappa shape index (κ1) is 44.0. The van der Waals surface area contributed by atoms with E-state index in [0.29, 0.717) is 12.5 Å². The van der Waals surface area contributed by atoms with Gasteiger partial charge in [0.05, 0.1) is 13.2 Å². The first-order valence-electron chi connectivity index (χ1n) is 18.0. The number of hydrogen-bond donors (Lipinski definition) is 0. The molecule has 6 aliphatic rings. The molecule has 13 nitrogen and oxygen atoms in total. The molecule has 0 aliphatic carbocycles. The van der Waals surface area contributed by atoms with Crippen molar-refractivity contribution in [1.82, 2.24) is 49.0 Å². The average Bonchev–Trinajstić information content (AvgIpc) is 3.67. The van der Waals surface area contributed by atoms with Gasteiger partial charge in [-0.2, -0.15) is 0 Å². The largest absolute Gasteiger partial charge is 0.345 e. The highest BCUT2D eigenvalue weighted by atomic mass is 16.2. The van der Waals surface area contributed by atoms with E-state index in [4.69, 9.17) is 0 Å². The van der Waals surface area contributed by atoms with Gasteiger partial charge in [0.1, 0.15) is 0 Å². The van der Waals surface area contributed by atoms with Gasteiger partial charge in [0, 0.05) is 107 Å². The Morgan fingerprint density at radius 3 is 1.06 bits per heavy atom. The van der Waals surface area contributed by atoms with Gasteiger partial charge in [0.25, 0.3) is 0 Å². The lowest BCUT2D eigenvalue weighted by Gasteiger charge is -2.28. The van der Waals surface area contributed by atoms with Crippen LogP contribution in [0.2, 0.25) is 0 Å². The summed E-state index contributed by atoms with van der Waals surface area (Å²) in [5.41, 5.74) is 0. The zero-order valence-electron chi connectivity index (χ0n) is 33.1. The Morgan fingerprint density at radius 2 is 0.812 bits per heavy atom. The molecule has 6 aliphatic heterocycles. The van der Waals surface area contributed by atoms with Crippen molar-refractivity contribution in [1.29, 1.82) is 0 Å². The van der Waals surface area contributed by atoms with E-state index in [2.05, 4.69) is 73.6 Å². The van der Waals surface area contributed by atoms with Crippen molar-refractivity contribution in [2.75, 3.05) is 169 Å². The number of likely N-dealkylation sites (N-methyl/N-ethyl adjacent to an activating group) is 8. The maximum absolute atomic E-state index is 10.9. The molecule has 6 rings (SSSR count). The lowest BCUT2D eigenvalue weighted by atomic mass is 10.00. The standard InChI is InChI=1S/C7H15N.C6H12N2O.C6H14N2.C6H11NO.C5H10N2O.C5H12N2/c1-7-3-5-8(2)6-4-7;1-7-3-4-8(2)6(9)5-7;1-7-3-5-8(2)6-4-7;1-5-3-6(8)7(2)4-5;1-6-3-4-7(2)5(6)8;1-6-3-4-7(2)5-6/h7H,3-6H2,1-2H3;3-5H2,1-2H3;3-6H2,1-2H3;5H,3-4H2,1-2H3;3-4H2,1-2H3;3-5H2,1-2H3. The number of carbonyl (C=O) groups is 3. The van der Waals surface area contributed by atoms with Crippen LogP contribution in [0.4, 0.5) is 4.79 Å². The number of piperidine rings is 1. The van der Waals surface area contributed by atoms with Gasteiger partial charge >= 0.3 is 6.03 Å². The molecule has 48 heavy (non-hydrogen) atoms. The monoisotopic (exact) mass is 683 g/mol. The summed E-state index contributed by atoms with van der Waals surface area (Å²) in [6.45, 7) is 20.7. The Kier molecular flexibility index (Phi) is 21.4. The summed E-state index contributed by atoms with van der Waals surface area (Å²) in [6.07, 6.45) is 3.55. The number of nitrogens with zero attached hydrogens (tertiary/aromatic N) is 10. The lowest BCUT2D eigenvalue weighted by Crippen LogP contribution is -2.46. The molecule has 1 unspecified atom stereocenters. The van der Waals surface area contributed by atoms with Crippen molar-refractivity contribution in [3.05, 3.63) is 0 Å². The van der Waals surface area contributed by atoms with Gasteiger partial charge in [-0.05, 0) is 80.1 Å². The van der Waals surface area contributed by atoms with E-state index in [1.807, 2.05) is 40.1 Å². The molecule has 4 amide bonds. The number of carbonyl (C=O) groups excluding carboxylic acids is 3. The molecular formula is C35H74N10O3. The number of hydrogen-bond acceptors (Lipinski definition) is 9. The molecule has 13 heteroatoms. The van der Waals surface area contributed by atoms with Crippen LogP contribution in [-0.2, 0) is 9.59 Å². The van der Waals surface area contributed by atoms with Crippen molar-refractivity contribution < 1.29 is 14.4 Å². The minimum atomic E-state index is 0.130. The van der Waals surface area contributed by atoms with Gasteiger partial charge in [0.15, 0.2) is 0 Å². The normalized spacial score (nSPS) is 25.2. The molecule has 0 saturated carbocycles. The Balaban J connectivity index is 0.000000288. The topological polar surface area (TPSA) is 83.6 Å². The van der Waals surface area contributed by atoms with Gasteiger partial charge < -0.3 is 34.3 Å². The third kappa shape index (κ3) is 19.2. The fraction of sp³-hybridized carbons (Fsp3) is 0.914. The molecule has 0 bridgehead atoms. The number of amides is 4. The van der Waals surface area contributed by atoms with E-state index in [1.54, 1.807) is 19.6 Å². The summed E-state index contributed by atoms with van der Waals surface area (Å²) >= 11 is 0. The van der Waals surface area contributed by atoms with Gasteiger partial charge in [-0.1, -0.05) is 13.8 Å². The zero-order valence-corrected chi connectivity index (χ0v) is 33.1. The summed E-state index contributed by atoms with van der Waals surface area (Å²) in [6, 6.07) is 0.130. The van der Waals surface area contributed by atoms with Crippen LogP contribution in [0.15, 0.2) is 0 Å². The highest BCUT2D eigenvalue weighted by Crippen LogP contribution is 2.14. The first-order chi connectivity index (χ1) is 22.5. The fourth-order valence-corrected chi connectivity index (χ4v) is 5.69. The van der Waals surface area contributed by atoms with E-state index >= 15 is 0 Å². The molecule has 0 radical (unpaired) electrons. The van der Waals surface area contributed by atoms with E-state index < -0.39 is 0 Å². The van der Waals surface area contributed by atoms with E-state index in [9.17, 15) is 14.4 Å². The summed E-state index contributed by atoms with van der Waals surface area (Å²) in [7, 11) is 20.1. The zero-order chi connectivity index (χ0) is 36.4. The van der Waals surface area contributed by atoms with Crippen LogP contribution in [0.3, 0.4) is 0 Å². The molecule has 6 saturated heterocycles. The van der Waals surface area contributed by atoms with Crippen molar-refractivity contribution in [2.45, 2.75) is 33.1 Å². The lowest BCUT2D eigenvalue weighted by molar-refractivity contribution is -0.133. The second-order valence-electron chi connectivity index (χ2n) is 15.2. The van der Waals surface area contributed by atoms with Gasteiger partial charge in [-0.15, -0.1) is 0 Å². The van der Waals surface area contributed by atoms with Crippen LogP contribution in [0.1, 0.15) is 33.1 Å². The molecule has 6 fully saturated rings. The molecule has 1 atom stereocenters. The minimum Gasteiger partial charge on any atom is -0.345 e. The fourth-order valence-electron chi connectivity index (χ4n) is 5.69. The quantitative estimate of drug-likeness (QED) is 0.370. The first-order valence-corrected chi connectivity index (χ1v) is 18.0. The Morgan fingerprint density at radius 1 is 0.417 bits per heavy atom. The van der Waals surface area contributed by atoms with Crippen LogP contribution < -0.4 is 0 Å². The van der Waals surface area contributed by atoms with Crippen molar-refractivity contribution >= 4 is 17.8 Å². The predicted molar refractivity (Wildman–Crippen MR) is 198 cm³/mol. The smallest absolute Gasteiger partial charge is 0.319 e. The number of likely N-dealkylation sites (tertiary alicyclic amines) is 2. The highest BCUT2D eigenvalue weighted by Gasteiger charge is 2.22. The van der Waals surface area contributed by atoms with Crippen LogP contribution in [0.25, 0.3) is 0 Å². The molecule has 0 spiro atoms. The molecule has 0 aromatic carbocycles. The Labute approximate surface area is 294 Å². The SMILES string of the molecule is CC1CC(=O)N(C)C1.CC1CCN(C)CC1.CN1CCN(C)C(=O)C1.CN1CCN(C)C1.CN1CCN(C)C1=O.CN1CCN(C)CC1. The summed E-state index contributed by atoms with van der Waals surface area (Å²) in [5, 5.41) is 0. The van der Waals surface area contributed by atoms with E-state index in [0.717, 1.165) is 51.7 Å². The molecule has 6 heterocycles. The third-order valence-electron chi connectivity index (χ3n) is 9.69. The second kappa shape index (κ2) is 23.4. The van der Waals surface area contributed by atoms with Crippen LogP contribution in [0, 0.1) is 11.8 Å². The summed E-state index contributed by atoms with van der Waals surface area (Å²) < 4.78 is 0. The maximum atomic E-state index is 10.9. The van der Waals surface area contributed by atoms with Gasteiger partial charge in [-0.3, -0.25) is 24.3 Å². The van der Waals surface area contributed by atoms with Crippen molar-refractivity contribution in [3.8, 4) is 0 Å². The number of rotatable bonds is 0. The molecule has 282 valence electrons. The molecule has 0 aromatic heterocycles. The van der Waals surface area contributed by atoms with Gasteiger partial charge in [0.2, 0.25) is 11.8 Å². The summed E-state index contributed by atoms with van der Waals surface area (Å²) in [4.78, 5) is 53.1. The molecular weight excluding hydrogens is 608 g/mol. The Bertz CT molecular complexity index is 851. The predicted octanol–water partition coefficient (Wildman–Crippen LogP) is 0.891. The van der Waals surface area contributed by atoms with Crippen LogP contribution in [-0.4, -0.2) is 236 Å². The maximum Gasteiger partial charge on any atom is 0.319 e. The second-order valence-corrected chi connectivity index (χ2v) is 15.2. The van der Waals surface area contributed by atoms with Crippen LogP contribution >= 0.6 is 0 Å². The van der Waals surface area contributed by atoms with E-state index in [-0.39, 0.29) is 17.8 Å². The third-order valence-corrected chi connectivity index (χ3v) is 9.69. The van der Waals surface area contributed by atoms with Crippen molar-refractivity contribution in [2.24, 2.45) is 11.8 Å². The minimum absolute atomic E-state index is 0.130. The molecule has 0 N–H and O–H groups in total. The van der Waals surface area contributed by atoms with E-state index in [1.165, 1.54) is 65.2 Å². The van der Waals surface area contributed by atoms with Crippen molar-refractivity contribution in [3.63, 3.8) is 0 Å². The molecule has 0 aromatic rings. The number of piperazine rings is 2. The highest BCUT2D eigenvalue weighted by molar-refractivity contribution is 5.78. The average molecular weight is 683 g/mol. The van der Waals surface area contributed by atoms with Crippen LogP contribution in [0.5, 0.6) is 0 Å².